The van der Waals surface area contributed by atoms with E-state index in [1.807, 2.05) is 14.0 Å². The van der Waals surface area contributed by atoms with Gasteiger partial charge >= 0.3 is 12.0 Å². The largest absolute Gasteiger partial charge is 0.478 e. The van der Waals surface area contributed by atoms with Crippen molar-refractivity contribution < 1.29 is 19.5 Å². The summed E-state index contributed by atoms with van der Waals surface area (Å²) in [7, 11) is 1.98. The number of carbonyl (C=O) groups excluding carboxylic acids is 2. The van der Waals surface area contributed by atoms with Gasteiger partial charge in [0.15, 0.2) is 0 Å². The molecule has 0 saturated carbocycles. The first-order valence-corrected chi connectivity index (χ1v) is 6.11. The van der Waals surface area contributed by atoms with Crippen molar-refractivity contribution in [3.63, 3.8) is 0 Å². The highest BCUT2D eigenvalue weighted by atomic mass is 16.4. The fourth-order valence-corrected chi connectivity index (χ4v) is 2.04. The predicted molar refractivity (Wildman–Crippen MR) is 68.6 cm³/mol. The third-order valence-corrected chi connectivity index (χ3v) is 2.92. The van der Waals surface area contributed by atoms with E-state index in [4.69, 9.17) is 5.11 Å². The Morgan fingerprint density at radius 1 is 1.26 bits per heavy atom. The second-order valence-corrected chi connectivity index (χ2v) is 4.62. The van der Waals surface area contributed by atoms with Crippen LogP contribution in [-0.2, 0) is 9.59 Å². The fourth-order valence-electron chi connectivity index (χ4n) is 2.04. The van der Waals surface area contributed by atoms with Gasteiger partial charge in [0.05, 0.1) is 0 Å². The number of imide groups is 1. The van der Waals surface area contributed by atoms with Crippen LogP contribution in [0.1, 0.15) is 13.3 Å². The van der Waals surface area contributed by atoms with E-state index in [1.165, 1.54) is 0 Å². The van der Waals surface area contributed by atoms with Gasteiger partial charge in [-0.3, -0.25) is 10.1 Å². The Bertz CT molecular complexity index is 394. The number of carbonyl (C=O) groups is 3. The normalized spacial score (nSPS) is 21.2. The van der Waals surface area contributed by atoms with Crippen LogP contribution in [0, 0.1) is 0 Å². The predicted octanol–water partition coefficient (Wildman–Crippen LogP) is -0.111. The quantitative estimate of drug-likeness (QED) is 0.683. The number of amides is 3. The zero-order valence-corrected chi connectivity index (χ0v) is 11.1. The lowest BCUT2D eigenvalue weighted by Gasteiger charge is -2.27. The maximum atomic E-state index is 11.9. The summed E-state index contributed by atoms with van der Waals surface area (Å²) >= 11 is 0. The standard InChI is InChI=1S/C12H19N3O4/c1-9-8-14(2)6-3-7-15(9)12(19)13-10(16)4-5-11(17)18/h4-5,9H,3,6-8H2,1-2H3,(H,17,18)(H,13,16,19)/b5-4+. The van der Waals surface area contributed by atoms with E-state index in [-0.39, 0.29) is 6.04 Å². The number of nitrogens with one attached hydrogen (secondary N) is 1. The van der Waals surface area contributed by atoms with Gasteiger partial charge in [0.2, 0.25) is 0 Å². The molecule has 0 aromatic heterocycles. The zero-order chi connectivity index (χ0) is 14.4. The number of hydrogen-bond donors (Lipinski definition) is 2. The molecule has 1 unspecified atom stereocenters. The van der Waals surface area contributed by atoms with Crippen LogP contribution in [0.4, 0.5) is 4.79 Å². The number of rotatable bonds is 2. The van der Waals surface area contributed by atoms with Gasteiger partial charge in [-0.25, -0.2) is 9.59 Å². The smallest absolute Gasteiger partial charge is 0.328 e. The molecule has 1 heterocycles. The van der Waals surface area contributed by atoms with Crippen LogP contribution < -0.4 is 5.32 Å². The Morgan fingerprint density at radius 3 is 2.58 bits per heavy atom. The summed E-state index contributed by atoms with van der Waals surface area (Å²) in [5, 5.41) is 10.5. The highest BCUT2D eigenvalue weighted by Gasteiger charge is 2.24. The molecule has 0 aliphatic carbocycles. The van der Waals surface area contributed by atoms with Gasteiger partial charge in [-0.05, 0) is 26.9 Å². The number of hydrogen-bond acceptors (Lipinski definition) is 4. The van der Waals surface area contributed by atoms with Gasteiger partial charge in [-0.15, -0.1) is 0 Å². The molecule has 0 radical (unpaired) electrons. The van der Waals surface area contributed by atoms with E-state index in [0.29, 0.717) is 12.6 Å². The van der Waals surface area contributed by atoms with Gasteiger partial charge in [-0.2, -0.15) is 0 Å². The van der Waals surface area contributed by atoms with E-state index in [2.05, 4.69) is 10.2 Å². The lowest BCUT2D eigenvalue weighted by molar-refractivity contribution is -0.131. The van der Waals surface area contributed by atoms with Gasteiger partial charge in [-0.1, -0.05) is 0 Å². The first-order valence-electron chi connectivity index (χ1n) is 6.11. The summed E-state index contributed by atoms with van der Waals surface area (Å²) in [5.74, 6) is -1.95. The average molecular weight is 269 g/mol. The SMILES string of the molecule is CC1CN(C)CCCN1C(=O)NC(=O)/C=C/C(=O)O. The highest BCUT2D eigenvalue weighted by Crippen LogP contribution is 2.08. The molecule has 7 nitrogen and oxygen atoms in total. The van der Waals surface area contributed by atoms with Crippen molar-refractivity contribution in [1.29, 1.82) is 0 Å². The third-order valence-electron chi connectivity index (χ3n) is 2.92. The summed E-state index contributed by atoms with van der Waals surface area (Å²) in [6.07, 6.45) is 2.37. The Balaban J connectivity index is 2.56. The molecule has 1 rings (SSSR count). The van der Waals surface area contributed by atoms with Crippen LogP contribution in [0.3, 0.4) is 0 Å². The number of carboxylic acid groups (broad SMARTS) is 1. The molecule has 1 saturated heterocycles. The van der Waals surface area contributed by atoms with Gasteiger partial charge < -0.3 is 14.9 Å². The van der Waals surface area contributed by atoms with E-state index in [9.17, 15) is 14.4 Å². The van der Waals surface area contributed by atoms with E-state index in [1.54, 1.807) is 4.90 Å². The average Bonchev–Trinajstić information content (AvgIpc) is 2.47. The van der Waals surface area contributed by atoms with Crippen molar-refractivity contribution in [3.8, 4) is 0 Å². The monoisotopic (exact) mass is 269 g/mol. The van der Waals surface area contributed by atoms with Crippen LogP contribution >= 0.6 is 0 Å². The topological polar surface area (TPSA) is 90.0 Å². The van der Waals surface area contributed by atoms with Crippen LogP contribution in [-0.4, -0.2) is 65.5 Å². The molecule has 0 bridgehead atoms. The Hall–Kier alpha value is -1.89. The molecule has 0 spiro atoms. The lowest BCUT2D eigenvalue weighted by Crippen LogP contribution is -2.48. The summed E-state index contributed by atoms with van der Waals surface area (Å²) in [5.41, 5.74) is 0. The summed E-state index contributed by atoms with van der Waals surface area (Å²) in [6, 6.07) is -0.480. The van der Waals surface area contributed by atoms with E-state index in [0.717, 1.165) is 25.6 Å². The van der Waals surface area contributed by atoms with Crippen LogP contribution in [0.15, 0.2) is 12.2 Å². The third kappa shape index (κ3) is 5.09. The van der Waals surface area contributed by atoms with Gasteiger partial charge in [0.25, 0.3) is 5.91 Å². The number of aliphatic carboxylic acids is 1. The molecule has 1 aliphatic heterocycles. The number of carboxylic acids is 1. The second-order valence-electron chi connectivity index (χ2n) is 4.62. The van der Waals surface area contributed by atoms with Crippen molar-refractivity contribution in [2.75, 3.05) is 26.7 Å². The molecule has 3 amide bonds. The molecule has 19 heavy (non-hydrogen) atoms. The van der Waals surface area contributed by atoms with Crippen molar-refractivity contribution >= 4 is 17.9 Å². The minimum Gasteiger partial charge on any atom is -0.478 e. The second kappa shape index (κ2) is 6.89. The van der Waals surface area contributed by atoms with E-state index < -0.39 is 17.9 Å². The van der Waals surface area contributed by atoms with Crippen molar-refractivity contribution in [2.45, 2.75) is 19.4 Å². The minimum atomic E-state index is -1.23. The van der Waals surface area contributed by atoms with Gasteiger partial charge in [0, 0.05) is 31.3 Å². The van der Waals surface area contributed by atoms with Crippen LogP contribution in [0.25, 0.3) is 0 Å². The summed E-state index contributed by atoms with van der Waals surface area (Å²) in [6.45, 7) is 4.14. The maximum absolute atomic E-state index is 11.9. The zero-order valence-electron chi connectivity index (χ0n) is 11.1. The molecule has 106 valence electrons. The van der Waals surface area contributed by atoms with Crippen LogP contribution in [0.5, 0.6) is 0 Å². The Morgan fingerprint density at radius 2 is 1.95 bits per heavy atom. The summed E-state index contributed by atoms with van der Waals surface area (Å²) in [4.78, 5) is 37.2. The number of nitrogens with zero attached hydrogens (tertiary/aromatic N) is 2. The minimum absolute atomic E-state index is 0.00348. The van der Waals surface area contributed by atoms with Crippen molar-refractivity contribution in [2.24, 2.45) is 0 Å². The Kier molecular flexibility index (Phi) is 5.50. The Labute approximate surface area is 111 Å². The highest BCUT2D eigenvalue weighted by molar-refractivity contribution is 6.02. The molecule has 0 aromatic carbocycles. The maximum Gasteiger partial charge on any atom is 0.328 e. The van der Waals surface area contributed by atoms with E-state index >= 15 is 0 Å². The lowest BCUT2D eigenvalue weighted by atomic mass is 10.3. The van der Waals surface area contributed by atoms with Crippen LogP contribution in [0.2, 0.25) is 0 Å². The molecule has 7 heteroatoms. The first kappa shape index (κ1) is 15.2. The molecule has 2 N–H and O–H groups in total. The van der Waals surface area contributed by atoms with Crippen molar-refractivity contribution in [1.82, 2.24) is 15.1 Å². The van der Waals surface area contributed by atoms with Crippen molar-refractivity contribution in [3.05, 3.63) is 12.2 Å². The summed E-state index contributed by atoms with van der Waals surface area (Å²) < 4.78 is 0. The molecule has 1 fully saturated rings. The molecular formula is C12H19N3O4. The first-order chi connectivity index (χ1) is 8.90. The fraction of sp³-hybridized carbons (Fsp3) is 0.583. The molecule has 1 atom stereocenters. The molecule has 0 aromatic rings. The number of urea groups is 1. The molecule has 1 aliphatic rings. The van der Waals surface area contributed by atoms with Gasteiger partial charge in [0.1, 0.15) is 0 Å². The number of likely N-dealkylation sites (N-methyl/N-ethyl adjacent to an activating group) is 1. The molecular weight excluding hydrogens is 250 g/mol.